The average molecular weight is 420 g/mol. The Labute approximate surface area is 181 Å². The van der Waals surface area contributed by atoms with Gasteiger partial charge in [-0.2, -0.15) is 0 Å². The summed E-state index contributed by atoms with van der Waals surface area (Å²) in [5.74, 6) is 0.345. The Morgan fingerprint density at radius 1 is 1.16 bits per heavy atom. The summed E-state index contributed by atoms with van der Waals surface area (Å²) < 4.78 is 20.6. The fourth-order valence-corrected chi connectivity index (χ4v) is 3.91. The zero-order valence-electron chi connectivity index (χ0n) is 17.5. The number of aromatic nitrogens is 1. The van der Waals surface area contributed by atoms with E-state index in [1.807, 2.05) is 54.3 Å². The monoisotopic (exact) mass is 419 g/mol. The number of hydrogen-bond donors (Lipinski definition) is 1. The van der Waals surface area contributed by atoms with Gasteiger partial charge in [0.05, 0.1) is 6.54 Å². The van der Waals surface area contributed by atoms with E-state index in [2.05, 4.69) is 10.3 Å². The van der Waals surface area contributed by atoms with Crippen molar-refractivity contribution in [1.82, 2.24) is 15.2 Å². The van der Waals surface area contributed by atoms with Gasteiger partial charge in [0.25, 0.3) is 0 Å². The number of pyridine rings is 1. The van der Waals surface area contributed by atoms with Crippen LogP contribution in [0, 0.1) is 5.82 Å². The van der Waals surface area contributed by atoms with E-state index in [4.69, 9.17) is 4.74 Å². The van der Waals surface area contributed by atoms with Gasteiger partial charge in [-0.25, -0.2) is 4.39 Å². The molecule has 2 heterocycles. The number of nitrogens with one attached hydrogen (secondary N) is 1. The van der Waals surface area contributed by atoms with Gasteiger partial charge in [-0.15, -0.1) is 0 Å². The largest absolute Gasteiger partial charge is 0.484 e. The van der Waals surface area contributed by atoms with Crippen molar-refractivity contribution in [3.63, 3.8) is 0 Å². The number of carbonyl (C=O) groups is 1. The second-order valence-electron chi connectivity index (χ2n) is 7.90. The molecule has 6 heteroatoms. The molecule has 1 aliphatic rings. The summed E-state index contributed by atoms with van der Waals surface area (Å²) in [6.45, 7) is 3.14. The van der Waals surface area contributed by atoms with Crippen LogP contribution in [0.15, 0.2) is 72.9 Å². The minimum atomic E-state index is -0.497. The van der Waals surface area contributed by atoms with Gasteiger partial charge >= 0.3 is 0 Å². The topological polar surface area (TPSA) is 54.5 Å². The molecule has 0 radical (unpaired) electrons. The zero-order chi connectivity index (χ0) is 21.6. The lowest BCUT2D eigenvalue weighted by molar-refractivity contribution is -0.123. The van der Waals surface area contributed by atoms with Crippen LogP contribution in [-0.4, -0.2) is 34.9 Å². The summed E-state index contributed by atoms with van der Waals surface area (Å²) in [6.07, 6.45) is 1.92. The standard InChI is InChI=1S/C25H26FN3O2/c1-18(14-20-9-6-7-13-27-20)28-25(30)17-29-15-19-8-2-5-12-23(19)31-24(16-29)21-10-3-4-11-22(21)26/h2-13,18,24H,14-17H2,1H3,(H,28,30)/t18-,24-/m1/s1. The first-order valence-electron chi connectivity index (χ1n) is 10.5. The van der Waals surface area contributed by atoms with Gasteiger partial charge in [0, 0.05) is 48.6 Å². The van der Waals surface area contributed by atoms with E-state index < -0.39 is 6.10 Å². The van der Waals surface area contributed by atoms with Crippen molar-refractivity contribution >= 4 is 5.91 Å². The summed E-state index contributed by atoms with van der Waals surface area (Å²) >= 11 is 0. The van der Waals surface area contributed by atoms with Crippen molar-refractivity contribution in [3.8, 4) is 5.75 Å². The first kappa shape index (κ1) is 21.0. The minimum Gasteiger partial charge on any atom is -0.484 e. The Bertz CT molecular complexity index is 1030. The Morgan fingerprint density at radius 3 is 2.74 bits per heavy atom. The fourth-order valence-electron chi connectivity index (χ4n) is 3.91. The highest BCUT2D eigenvalue weighted by atomic mass is 19.1. The van der Waals surface area contributed by atoms with Crippen LogP contribution in [0.2, 0.25) is 0 Å². The van der Waals surface area contributed by atoms with E-state index in [1.165, 1.54) is 6.07 Å². The molecule has 5 nitrogen and oxygen atoms in total. The minimum absolute atomic E-state index is 0.0414. The SMILES string of the molecule is C[C@H](Cc1ccccn1)NC(=O)CN1Cc2ccccc2O[C@@H](c2ccccc2F)C1. The molecule has 1 amide bonds. The van der Waals surface area contributed by atoms with Gasteiger partial charge < -0.3 is 10.1 Å². The quantitative estimate of drug-likeness (QED) is 0.658. The van der Waals surface area contributed by atoms with Crippen LogP contribution in [0.25, 0.3) is 0 Å². The van der Waals surface area contributed by atoms with E-state index in [9.17, 15) is 9.18 Å². The third-order valence-electron chi connectivity index (χ3n) is 5.33. The Kier molecular flexibility index (Phi) is 6.57. The number of fused-ring (bicyclic) bond motifs is 1. The average Bonchev–Trinajstić information content (AvgIpc) is 2.93. The van der Waals surface area contributed by atoms with Crippen LogP contribution in [-0.2, 0) is 17.8 Å². The third kappa shape index (κ3) is 5.47. The molecule has 0 saturated heterocycles. The molecule has 3 aromatic rings. The van der Waals surface area contributed by atoms with Gasteiger partial charge in [-0.05, 0) is 31.2 Å². The van der Waals surface area contributed by atoms with Crippen LogP contribution >= 0.6 is 0 Å². The summed E-state index contributed by atoms with van der Waals surface area (Å²) in [6, 6.07) is 20.1. The maximum Gasteiger partial charge on any atom is 0.234 e. The summed E-state index contributed by atoms with van der Waals surface area (Å²) in [5.41, 5.74) is 2.41. The van der Waals surface area contributed by atoms with Gasteiger partial charge in [0.1, 0.15) is 17.7 Å². The highest BCUT2D eigenvalue weighted by Gasteiger charge is 2.27. The molecule has 0 spiro atoms. The molecule has 0 aliphatic carbocycles. The molecule has 160 valence electrons. The third-order valence-corrected chi connectivity index (χ3v) is 5.33. The predicted octanol–water partition coefficient (Wildman–Crippen LogP) is 3.90. The predicted molar refractivity (Wildman–Crippen MR) is 117 cm³/mol. The number of halogens is 1. The second-order valence-corrected chi connectivity index (χ2v) is 7.90. The number of nitrogens with zero attached hydrogens (tertiary/aromatic N) is 2. The van der Waals surface area contributed by atoms with Crippen LogP contribution in [0.5, 0.6) is 5.75 Å². The molecule has 0 unspecified atom stereocenters. The molecule has 0 fully saturated rings. The number of rotatable bonds is 6. The number of amides is 1. The van der Waals surface area contributed by atoms with Crippen LogP contribution < -0.4 is 10.1 Å². The van der Waals surface area contributed by atoms with Crippen LogP contribution in [0.1, 0.15) is 29.8 Å². The molecule has 0 bridgehead atoms. The van der Waals surface area contributed by atoms with Gasteiger partial charge in [-0.3, -0.25) is 14.7 Å². The molecule has 31 heavy (non-hydrogen) atoms. The lowest BCUT2D eigenvalue weighted by Crippen LogP contribution is -2.42. The van der Waals surface area contributed by atoms with Gasteiger partial charge in [-0.1, -0.05) is 42.5 Å². The van der Waals surface area contributed by atoms with Gasteiger partial charge in [0.2, 0.25) is 5.91 Å². The second kappa shape index (κ2) is 9.71. The van der Waals surface area contributed by atoms with E-state index in [0.29, 0.717) is 25.1 Å². The van der Waals surface area contributed by atoms with Crippen LogP contribution in [0.4, 0.5) is 4.39 Å². The van der Waals surface area contributed by atoms with E-state index in [-0.39, 0.29) is 24.3 Å². The number of para-hydroxylation sites is 1. The molecule has 2 atom stereocenters. The van der Waals surface area contributed by atoms with E-state index in [1.54, 1.807) is 24.4 Å². The smallest absolute Gasteiger partial charge is 0.234 e. The number of ether oxygens (including phenoxy) is 1. The number of hydrogen-bond acceptors (Lipinski definition) is 4. The van der Waals surface area contributed by atoms with Crippen molar-refractivity contribution in [2.45, 2.75) is 32.0 Å². The Balaban J connectivity index is 1.46. The molecular weight excluding hydrogens is 393 g/mol. The maximum absolute atomic E-state index is 14.5. The molecule has 2 aromatic carbocycles. The van der Waals surface area contributed by atoms with Crippen molar-refractivity contribution < 1.29 is 13.9 Å². The maximum atomic E-state index is 14.5. The highest BCUT2D eigenvalue weighted by molar-refractivity contribution is 5.78. The fraction of sp³-hybridized carbons (Fsp3) is 0.280. The molecule has 1 aromatic heterocycles. The van der Waals surface area contributed by atoms with E-state index >= 15 is 0 Å². The lowest BCUT2D eigenvalue weighted by atomic mass is 10.1. The zero-order valence-corrected chi connectivity index (χ0v) is 17.5. The molecule has 1 N–H and O–H groups in total. The number of carbonyl (C=O) groups excluding carboxylic acids is 1. The van der Waals surface area contributed by atoms with E-state index in [0.717, 1.165) is 17.0 Å². The van der Waals surface area contributed by atoms with Gasteiger partial charge in [0.15, 0.2) is 0 Å². The number of benzene rings is 2. The van der Waals surface area contributed by atoms with Crippen molar-refractivity contribution in [3.05, 3.63) is 95.6 Å². The lowest BCUT2D eigenvalue weighted by Gasteiger charge is -2.24. The first-order valence-corrected chi connectivity index (χ1v) is 10.5. The first-order chi connectivity index (χ1) is 15.1. The molecule has 1 aliphatic heterocycles. The summed E-state index contributed by atoms with van der Waals surface area (Å²) in [5, 5.41) is 3.05. The summed E-state index contributed by atoms with van der Waals surface area (Å²) in [4.78, 5) is 19.1. The van der Waals surface area contributed by atoms with Crippen LogP contribution in [0.3, 0.4) is 0 Å². The normalized spacial score (nSPS) is 17.2. The molecular formula is C25H26FN3O2. The Morgan fingerprint density at radius 2 is 1.94 bits per heavy atom. The highest BCUT2D eigenvalue weighted by Crippen LogP contribution is 2.31. The molecule has 4 rings (SSSR count). The van der Waals surface area contributed by atoms with Crippen molar-refractivity contribution in [1.29, 1.82) is 0 Å². The van der Waals surface area contributed by atoms with Crippen molar-refractivity contribution in [2.75, 3.05) is 13.1 Å². The summed E-state index contributed by atoms with van der Waals surface area (Å²) in [7, 11) is 0. The molecule has 0 saturated carbocycles. The van der Waals surface area contributed by atoms with Crippen molar-refractivity contribution in [2.24, 2.45) is 0 Å². The Hall–Kier alpha value is -3.25.